The third-order valence-corrected chi connectivity index (χ3v) is 2.97. The van der Waals surface area contributed by atoms with Crippen molar-refractivity contribution in [2.45, 2.75) is 0 Å². The molecule has 0 spiro atoms. The molecule has 6 nitrogen and oxygen atoms in total. The largest absolute Gasteiger partial charge is 0.409 e. The van der Waals surface area contributed by atoms with Crippen molar-refractivity contribution in [2.75, 3.05) is 38.1 Å². The van der Waals surface area contributed by atoms with Gasteiger partial charge >= 0.3 is 0 Å². The van der Waals surface area contributed by atoms with Gasteiger partial charge in [0.15, 0.2) is 5.84 Å². The van der Waals surface area contributed by atoms with Crippen LogP contribution in [-0.2, 0) is 0 Å². The highest BCUT2D eigenvalue weighted by Crippen LogP contribution is 2.18. The second-order valence-corrected chi connectivity index (χ2v) is 4.15. The minimum atomic E-state index is 0.104. The minimum absolute atomic E-state index is 0.104. The Morgan fingerprint density at radius 3 is 2.76 bits per heavy atom. The fourth-order valence-corrected chi connectivity index (χ4v) is 1.92. The van der Waals surface area contributed by atoms with Crippen molar-refractivity contribution in [3.05, 3.63) is 23.9 Å². The summed E-state index contributed by atoms with van der Waals surface area (Å²) >= 11 is 0. The molecule has 2 rings (SSSR count). The van der Waals surface area contributed by atoms with E-state index >= 15 is 0 Å². The highest BCUT2D eigenvalue weighted by atomic mass is 16.4. The molecule has 1 fully saturated rings. The Morgan fingerprint density at radius 2 is 2.12 bits per heavy atom. The first-order valence-electron chi connectivity index (χ1n) is 5.59. The highest BCUT2D eigenvalue weighted by molar-refractivity contribution is 6.01. The Morgan fingerprint density at radius 1 is 1.41 bits per heavy atom. The van der Waals surface area contributed by atoms with E-state index in [9.17, 15) is 0 Å². The molecule has 0 amide bonds. The molecule has 0 unspecified atom stereocenters. The van der Waals surface area contributed by atoms with Gasteiger partial charge in [-0.15, -0.1) is 0 Å². The molecule has 1 saturated heterocycles. The Hall–Kier alpha value is -1.82. The Bertz CT molecular complexity index is 412. The van der Waals surface area contributed by atoms with Crippen molar-refractivity contribution >= 4 is 11.7 Å². The molecule has 0 aliphatic carbocycles. The molecular formula is C11H17N5O. The minimum Gasteiger partial charge on any atom is -0.409 e. The zero-order chi connectivity index (χ0) is 12.3. The third-order valence-electron chi connectivity index (χ3n) is 2.97. The molecule has 0 atom stereocenters. The maximum atomic E-state index is 8.76. The standard InChI is InChI=1S/C11H17N5O/c1-15-5-7-16(8-6-15)11-9(10(12)14-17)3-2-4-13-11/h2-4,17H,5-8H2,1H3,(H2,12,14). The summed E-state index contributed by atoms with van der Waals surface area (Å²) in [5.74, 6) is 0.892. The second-order valence-electron chi connectivity index (χ2n) is 4.15. The van der Waals surface area contributed by atoms with Gasteiger partial charge in [-0.1, -0.05) is 5.16 Å². The second kappa shape index (κ2) is 5.01. The maximum Gasteiger partial charge on any atom is 0.173 e. The molecule has 1 aliphatic heterocycles. The topological polar surface area (TPSA) is 78.0 Å². The summed E-state index contributed by atoms with van der Waals surface area (Å²) in [6.45, 7) is 3.79. The lowest BCUT2D eigenvalue weighted by atomic mass is 10.2. The van der Waals surface area contributed by atoms with Crippen LogP contribution in [0.2, 0.25) is 0 Å². The van der Waals surface area contributed by atoms with Crippen LogP contribution in [0.1, 0.15) is 5.56 Å². The summed E-state index contributed by atoms with van der Waals surface area (Å²) in [7, 11) is 2.10. The van der Waals surface area contributed by atoms with Gasteiger partial charge in [-0.2, -0.15) is 0 Å². The van der Waals surface area contributed by atoms with Crippen molar-refractivity contribution in [1.29, 1.82) is 0 Å². The van der Waals surface area contributed by atoms with E-state index < -0.39 is 0 Å². The van der Waals surface area contributed by atoms with Crippen LogP contribution in [0, 0.1) is 0 Å². The van der Waals surface area contributed by atoms with E-state index in [0.717, 1.165) is 32.0 Å². The molecule has 0 radical (unpaired) electrons. The van der Waals surface area contributed by atoms with Crippen LogP contribution in [0.5, 0.6) is 0 Å². The number of anilines is 1. The predicted molar refractivity (Wildman–Crippen MR) is 66.5 cm³/mol. The highest BCUT2D eigenvalue weighted by Gasteiger charge is 2.19. The molecule has 0 bridgehead atoms. The van der Waals surface area contributed by atoms with Gasteiger partial charge in [0.1, 0.15) is 5.82 Å². The zero-order valence-corrected chi connectivity index (χ0v) is 9.87. The molecule has 6 heteroatoms. The number of amidine groups is 1. The predicted octanol–water partition coefficient (Wildman–Crippen LogP) is -0.0721. The van der Waals surface area contributed by atoms with Crippen molar-refractivity contribution in [3.8, 4) is 0 Å². The molecule has 0 aromatic carbocycles. The third kappa shape index (κ3) is 2.47. The van der Waals surface area contributed by atoms with E-state index in [1.165, 1.54) is 0 Å². The van der Waals surface area contributed by atoms with Gasteiger partial charge < -0.3 is 20.7 Å². The van der Waals surface area contributed by atoms with E-state index in [1.54, 1.807) is 12.3 Å². The summed E-state index contributed by atoms with van der Waals surface area (Å²) < 4.78 is 0. The summed E-state index contributed by atoms with van der Waals surface area (Å²) in [6, 6.07) is 3.60. The average Bonchev–Trinajstić information content (AvgIpc) is 2.39. The number of hydrogen-bond acceptors (Lipinski definition) is 5. The fourth-order valence-electron chi connectivity index (χ4n) is 1.92. The lowest BCUT2D eigenvalue weighted by Gasteiger charge is -2.34. The number of hydrogen-bond donors (Lipinski definition) is 2. The molecule has 92 valence electrons. The molecule has 1 aromatic heterocycles. The molecule has 0 saturated carbocycles. The lowest BCUT2D eigenvalue weighted by molar-refractivity contribution is 0.311. The number of aromatic nitrogens is 1. The van der Waals surface area contributed by atoms with Crippen LogP contribution in [0.4, 0.5) is 5.82 Å². The Kier molecular flexibility index (Phi) is 3.43. The molecule has 1 aromatic rings. The van der Waals surface area contributed by atoms with Gasteiger partial charge in [0.25, 0.3) is 0 Å². The van der Waals surface area contributed by atoms with E-state index in [0.29, 0.717) is 5.56 Å². The van der Waals surface area contributed by atoms with Crippen LogP contribution in [0.3, 0.4) is 0 Å². The SMILES string of the molecule is CN1CCN(c2ncccc2/C(N)=N/O)CC1. The Labute approximate surface area is 100 Å². The monoisotopic (exact) mass is 235 g/mol. The maximum absolute atomic E-state index is 8.76. The summed E-state index contributed by atoms with van der Waals surface area (Å²) in [5, 5.41) is 11.8. The van der Waals surface area contributed by atoms with Gasteiger partial charge in [-0.3, -0.25) is 0 Å². The van der Waals surface area contributed by atoms with Crippen LogP contribution in [-0.4, -0.2) is 54.2 Å². The number of nitrogens with zero attached hydrogens (tertiary/aromatic N) is 4. The smallest absolute Gasteiger partial charge is 0.173 e. The van der Waals surface area contributed by atoms with Crippen LogP contribution in [0.25, 0.3) is 0 Å². The average molecular weight is 235 g/mol. The fraction of sp³-hybridized carbons (Fsp3) is 0.455. The van der Waals surface area contributed by atoms with Gasteiger partial charge in [-0.25, -0.2) is 4.98 Å². The van der Waals surface area contributed by atoms with Gasteiger partial charge in [0, 0.05) is 32.4 Å². The van der Waals surface area contributed by atoms with Gasteiger partial charge in [-0.05, 0) is 19.2 Å². The summed E-state index contributed by atoms with van der Waals surface area (Å²) in [4.78, 5) is 8.76. The lowest BCUT2D eigenvalue weighted by Crippen LogP contribution is -2.45. The van der Waals surface area contributed by atoms with Crippen molar-refractivity contribution in [1.82, 2.24) is 9.88 Å². The first kappa shape index (κ1) is 11.7. The number of likely N-dealkylation sites (N-methyl/N-ethyl adjacent to an activating group) is 1. The molecular weight excluding hydrogens is 218 g/mol. The molecule has 3 N–H and O–H groups in total. The van der Waals surface area contributed by atoms with Crippen LogP contribution < -0.4 is 10.6 Å². The van der Waals surface area contributed by atoms with Crippen molar-refractivity contribution in [3.63, 3.8) is 0 Å². The molecule has 2 heterocycles. The number of piperazine rings is 1. The number of rotatable bonds is 2. The van der Waals surface area contributed by atoms with Gasteiger partial charge in [0.05, 0.1) is 5.56 Å². The Balaban J connectivity index is 2.26. The summed E-state index contributed by atoms with van der Waals surface area (Å²) in [6.07, 6.45) is 1.72. The van der Waals surface area contributed by atoms with Crippen LogP contribution >= 0.6 is 0 Å². The van der Waals surface area contributed by atoms with Crippen LogP contribution in [0.15, 0.2) is 23.5 Å². The number of nitrogens with two attached hydrogens (primary N) is 1. The van der Waals surface area contributed by atoms with Crippen molar-refractivity contribution in [2.24, 2.45) is 10.9 Å². The van der Waals surface area contributed by atoms with Crippen molar-refractivity contribution < 1.29 is 5.21 Å². The molecule has 1 aliphatic rings. The van der Waals surface area contributed by atoms with E-state index in [1.807, 2.05) is 6.07 Å². The van der Waals surface area contributed by atoms with E-state index in [2.05, 4.69) is 27.0 Å². The number of pyridine rings is 1. The van der Waals surface area contributed by atoms with E-state index in [-0.39, 0.29) is 5.84 Å². The molecule has 17 heavy (non-hydrogen) atoms. The zero-order valence-electron chi connectivity index (χ0n) is 9.87. The quantitative estimate of drug-likeness (QED) is 0.325. The first-order chi connectivity index (χ1) is 8.22. The summed E-state index contributed by atoms with van der Waals surface area (Å²) in [5.41, 5.74) is 6.33. The van der Waals surface area contributed by atoms with E-state index in [4.69, 9.17) is 10.9 Å². The number of oxime groups is 1. The van der Waals surface area contributed by atoms with Gasteiger partial charge in [0.2, 0.25) is 0 Å². The normalized spacial score (nSPS) is 18.4. The first-order valence-corrected chi connectivity index (χ1v) is 5.59.